The minimum absolute atomic E-state index is 0.248. The van der Waals surface area contributed by atoms with Gasteiger partial charge in [-0.3, -0.25) is 0 Å². The molecule has 1 aromatic heterocycles. The normalized spacial score (nSPS) is 12.7. The summed E-state index contributed by atoms with van der Waals surface area (Å²) in [5, 5.41) is 7.75. The third kappa shape index (κ3) is 3.25. The summed E-state index contributed by atoms with van der Waals surface area (Å²) >= 11 is 0. The molecule has 4 aromatic rings. The third-order valence-electron chi connectivity index (χ3n) is 4.62. The molecule has 0 radical (unpaired) electrons. The maximum absolute atomic E-state index is 2.50. The Bertz CT molecular complexity index is 969. The van der Waals surface area contributed by atoms with E-state index in [1.807, 2.05) is 0 Å². The van der Waals surface area contributed by atoms with E-state index in [-0.39, 0.29) is 12.7 Å². The first kappa shape index (κ1) is 17.5. The molecule has 3 aromatic carbocycles. The van der Waals surface area contributed by atoms with Crippen LogP contribution < -0.4 is 15.6 Å². The van der Waals surface area contributed by atoms with E-state index in [0.717, 1.165) is 0 Å². The fraction of sp³-hybridized carbons (Fsp3) is 0.167. The summed E-state index contributed by atoms with van der Waals surface area (Å²) in [6.45, 7) is 7.20. The maximum atomic E-state index is 2.50. The molecule has 0 spiro atoms. The Hall–Kier alpha value is -1.87. The fourth-order valence-electron chi connectivity index (χ4n) is 3.58. The number of hydrogen-bond acceptors (Lipinski definition) is 0. The summed E-state index contributed by atoms with van der Waals surface area (Å²) in [5.41, 5.74) is 0. The number of fused-ring (bicyclic) bond motifs is 1. The van der Waals surface area contributed by atoms with E-state index in [1.165, 1.54) is 16.0 Å². The van der Waals surface area contributed by atoms with Crippen LogP contribution in [0.1, 0.15) is 20.8 Å². The monoisotopic (exact) mass is 374 g/mol. The molecular weight excluding hydrogens is 350 g/mol. The number of benzene rings is 3. The molecular formula is C24H24P2. The van der Waals surface area contributed by atoms with E-state index < -0.39 is 7.92 Å². The van der Waals surface area contributed by atoms with Gasteiger partial charge in [0, 0.05) is 15.3 Å². The van der Waals surface area contributed by atoms with Gasteiger partial charge in [0.1, 0.15) is 0 Å². The molecule has 0 N–H and O–H groups in total. The Kier molecular flexibility index (Phi) is 4.74. The van der Waals surface area contributed by atoms with Crippen LogP contribution in [0.4, 0.5) is 0 Å². The van der Waals surface area contributed by atoms with Crippen molar-refractivity contribution >= 4 is 41.6 Å². The molecule has 0 aliphatic rings. The van der Waals surface area contributed by atoms with Crippen molar-refractivity contribution in [2.45, 2.75) is 25.9 Å². The second-order valence-electron chi connectivity index (χ2n) is 7.57. The van der Waals surface area contributed by atoms with Gasteiger partial charge in [0.05, 0.1) is 0 Å². The van der Waals surface area contributed by atoms with Crippen molar-refractivity contribution in [3.63, 3.8) is 0 Å². The van der Waals surface area contributed by atoms with Gasteiger partial charge in [-0.1, -0.05) is 106 Å². The minimum Gasteiger partial charge on any atom is -0.103 e. The van der Waals surface area contributed by atoms with E-state index >= 15 is 0 Å². The molecule has 0 amide bonds. The van der Waals surface area contributed by atoms with Crippen LogP contribution >= 0.6 is 15.5 Å². The van der Waals surface area contributed by atoms with Crippen molar-refractivity contribution in [2.75, 3.05) is 0 Å². The van der Waals surface area contributed by atoms with Crippen molar-refractivity contribution in [2.24, 2.45) is 0 Å². The largest absolute Gasteiger partial charge is 0.103 e. The molecule has 0 aliphatic carbocycles. The summed E-state index contributed by atoms with van der Waals surface area (Å²) in [5.74, 6) is 0. The van der Waals surface area contributed by atoms with Crippen LogP contribution in [0, 0.1) is 0 Å². The molecule has 0 saturated heterocycles. The first-order valence-corrected chi connectivity index (χ1v) is 11.8. The molecule has 0 fully saturated rings. The molecule has 1 heterocycles. The van der Waals surface area contributed by atoms with Crippen molar-refractivity contribution < 1.29 is 0 Å². The van der Waals surface area contributed by atoms with Gasteiger partial charge in [0.25, 0.3) is 0 Å². The highest BCUT2D eigenvalue weighted by Crippen LogP contribution is 2.55. The Morgan fingerprint density at radius 1 is 0.654 bits per heavy atom. The first-order valence-electron chi connectivity index (χ1n) is 9.07. The number of hydrogen-bond donors (Lipinski definition) is 0. The zero-order chi connectivity index (χ0) is 18.1. The predicted molar refractivity (Wildman–Crippen MR) is 120 cm³/mol. The van der Waals surface area contributed by atoms with Crippen molar-refractivity contribution in [3.8, 4) is 0 Å². The zero-order valence-corrected chi connectivity index (χ0v) is 17.3. The first-order chi connectivity index (χ1) is 12.6. The topological polar surface area (TPSA) is 0 Å². The van der Waals surface area contributed by atoms with Gasteiger partial charge >= 0.3 is 0 Å². The van der Waals surface area contributed by atoms with Gasteiger partial charge < -0.3 is 0 Å². The third-order valence-corrected chi connectivity index (χ3v) is 10.9. The Morgan fingerprint density at radius 3 is 1.69 bits per heavy atom. The van der Waals surface area contributed by atoms with Crippen LogP contribution in [0.3, 0.4) is 0 Å². The predicted octanol–water partition coefficient (Wildman–Crippen LogP) is 6.34. The quantitative estimate of drug-likeness (QED) is 0.367. The van der Waals surface area contributed by atoms with E-state index in [9.17, 15) is 0 Å². The standard InChI is InChI=1S/C24H24P2/c1-24(2,3)26-22-17-11-10-12-19(22)18-23(26)25(20-13-6-4-7-14-20)21-15-8-5-9-16-21/h4-18H,1-3H3. The fourth-order valence-corrected chi connectivity index (χ4v) is 10.9. The van der Waals surface area contributed by atoms with Crippen LogP contribution in [-0.4, -0.2) is 0 Å². The lowest BCUT2D eigenvalue weighted by atomic mass is 10.3. The molecule has 4 rings (SSSR count). The molecule has 2 heteroatoms. The summed E-state index contributed by atoms with van der Waals surface area (Å²) in [6.07, 6.45) is 0. The number of rotatable bonds is 3. The lowest BCUT2D eigenvalue weighted by molar-refractivity contribution is 0.721. The lowest BCUT2D eigenvalue weighted by Crippen LogP contribution is -2.21. The second kappa shape index (κ2) is 7.03. The molecule has 26 heavy (non-hydrogen) atoms. The van der Waals surface area contributed by atoms with Crippen molar-refractivity contribution in [1.29, 1.82) is 0 Å². The average molecular weight is 374 g/mol. The minimum atomic E-state index is -0.512. The molecule has 130 valence electrons. The van der Waals surface area contributed by atoms with Gasteiger partial charge in [0.15, 0.2) is 0 Å². The summed E-state index contributed by atoms with van der Waals surface area (Å²) < 4.78 is 0. The van der Waals surface area contributed by atoms with Crippen molar-refractivity contribution in [1.82, 2.24) is 0 Å². The van der Waals surface area contributed by atoms with Gasteiger partial charge in [-0.2, -0.15) is 0 Å². The molecule has 1 unspecified atom stereocenters. The molecule has 0 nitrogen and oxygen atoms in total. The SMILES string of the molecule is CC(C)(C)p1c(P(c2ccccc2)c2ccccc2)cc2ccccc21. The highest BCUT2D eigenvalue weighted by Gasteiger charge is 2.28. The van der Waals surface area contributed by atoms with Crippen molar-refractivity contribution in [3.05, 3.63) is 91.0 Å². The van der Waals surface area contributed by atoms with E-state index in [4.69, 9.17) is 0 Å². The second-order valence-corrected chi connectivity index (χ2v) is 13.1. The van der Waals surface area contributed by atoms with Gasteiger partial charge in [-0.15, -0.1) is 7.53 Å². The summed E-state index contributed by atoms with van der Waals surface area (Å²) in [7, 11) is -0.874. The summed E-state index contributed by atoms with van der Waals surface area (Å²) in [6, 6.07) is 33.7. The van der Waals surface area contributed by atoms with E-state index in [0.29, 0.717) is 0 Å². The Balaban J connectivity index is 2.04. The van der Waals surface area contributed by atoms with Crippen LogP contribution in [0.2, 0.25) is 0 Å². The lowest BCUT2D eigenvalue weighted by Gasteiger charge is -2.27. The average Bonchev–Trinajstić information content (AvgIpc) is 3.03. The van der Waals surface area contributed by atoms with Crippen LogP contribution in [0.5, 0.6) is 0 Å². The van der Waals surface area contributed by atoms with Gasteiger partial charge in [-0.05, 0) is 30.0 Å². The Labute approximate surface area is 158 Å². The van der Waals surface area contributed by atoms with E-state index in [1.54, 1.807) is 10.2 Å². The molecule has 0 saturated carbocycles. The maximum Gasteiger partial charge on any atom is 0.00593 e. The highest BCUT2D eigenvalue weighted by atomic mass is 31.2. The van der Waals surface area contributed by atoms with Crippen LogP contribution in [-0.2, 0) is 5.16 Å². The highest BCUT2D eigenvalue weighted by molar-refractivity contribution is 7.89. The van der Waals surface area contributed by atoms with Crippen LogP contribution in [0.25, 0.3) is 10.5 Å². The molecule has 1 atom stereocenters. The zero-order valence-electron chi connectivity index (χ0n) is 15.6. The molecule has 0 bridgehead atoms. The van der Waals surface area contributed by atoms with Gasteiger partial charge in [0.2, 0.25) is 0 Å². The summed E-state index contributed by atoms with van der Waals surface area (Å²) in [4.78, 5) is 0. The van der Waals surface area contributed by atoms with Gasteiger partial charge in [-0.25, -0.2) is 0 Å². The molecule has 0 aliphatic heterocycles. The van der Waals surface area contributed by atoms with E-state index in [2.05, 4.69) is 112 Å². The smallest absolute Gasteiger partial charge is 0.00593 e. The van der Waals surface area contributed by atoms with Crippen LogP contribution in [0.15, 0.2) is 91.0 Å². The Morgan fingerprint density at radius 2 is 1.15 bits per heavy atom.